The molecule has 1 fully saturated rings. The van der Waals surface area contributed by atoms with E-state index in [0.717, 1.165) is 29.8 Å². The molecule has 7 nitrogen and oxygen atoms in total. The quantitative estimate of drug-likeness (QED) is 0.844. The molecule has 1 aliphatic rings. The third kappa shape index (κ3) is 4.71. The molecule has 2 N–H and O–H groups in total. The molecular formula is C18H25N5O2. The lowest BCUT2D eigenvalue weighted by Gasteiger charge is -2.18. The summed E-state index contributed by atoms with van der Waals surface area (Å²) in [6.45, 7) is 4.46. The number of benzene rings is 1. The Labute approximate surface area is 147 Å². The predicted octanol–water partition coefficient (Wildman–Crippen LogP) is 3.12. The highest BCUT2D eigenvalue weighted by atomic mass is 16.5. The van der Waals surface area contributed by atoms with Crippen LogP contribution in [0.5, 0.6) is 5.75 Å². The standard InChI is InChI=1S/C18H25N5O2/c1-13(10-23-12-19-11-20-23)21-18(24)22-16-8-5-9-17(14(16)2)25-15-6-3-4-7-15/h5,8-9,11-13,15H,3-4,6-7,10H2,1-2H3,(H2,21,22,24)/t13-/m1/s1. The number of urea groups is 1. The van der Waals surface area contributed by atoms with Crippen molar-refractivity contribution in [3.8, 4) is 5.75 Å². The van der Waals surface area contributed by atoms with Crippen LogP contribution in [-0.4, -0.2) is 32.9 Å². The molecule has 0 unspecified atom stereocenters. The Morgan fingerprint density at radius 1 is 1.40 bits per heavy atom. The summed E-state index contributed by atoms with van der Waals surface area (Å²) in [6, 6.07) is 5.45. The molecule has 1 aromatic heterocycles. The monoisotopic (exact) mass is 343 g/mol. The fourth-order valence-corrected chi connectivity index (χ4v) is 3.10. The summed E-state index contributed by atoms with van der Waals surface area (Å²) in [5.74, 6) is 0.848. The molecule has 1 heterocycles. The van der Waals surface area contributed by atoms with Crippen molar-refractivity contribution in [2.75, 3.05) is 5.32 Å². The molecule has 1 aliphatic carbocycles. The Morgan fingerprint density at radius 3 is 2.92 bits per heavy atom. The molecule has 2 amide bonds. The number of aromatic nitrogens is 3. The second-order valence-electron chi connectivity index (χ2n) is 6.57. The highest BCUT2D eigenvalue weighted by Gasteiger charge is 2.18. The van der Waals surface area contributed by atoms with Crippen molar-refractivity contribution >= 4 is 11.7 Å². The Hall–Kier alpha value is -2.57. The number of nitrogens with one attached hydrogen (secondary N) is 2. The zero-order chi connectivity index (χ0) is 17.6. The molecule has 0 bridgehead atoms. The Bertz CT molecular complexity index is 695. The summed E-state index contributed by atoms with van der Waals surface area (Å²) in [5.41, 5.74) is 1.72. The maximum atomic E-state index is 12.3. The SMILES string of the molecule is Cc1c(NC(=O)N[C@H](C)Cn2cncn2)cccc1OC1CCCC1. The largest absolute Gasteiger partial charge is 0.490 e. The summed E-state index contributed by atoms with van der Waals surface area (Å²) in [4.78, 5) is 16.1. The first-order valence-electron chi connectivity index (χ1n) is 8.78. The minimum atomic E-state index is -0.242. The van der Waals surface area contributed by atoms with E-state index in [2.05, 4.69) is 20.7 Å². The van der Waals surface area contributed by atoms with Crippen LogP contribution in [0.15, 0.2) is 30.9 Å². The topological polar surface area (TPSA) is 81.1 Å². The van der Waals surface area contributed by atoms with E-state index in [-0.39, 0.29) is 12.1 Å². The van der Waals surface area contributed by atoms with Gasteiger partial charge in [-0.2, -0.15) is 5.10 Å². The molecule has 1 saturated carbocycles. The molecule has 0 radical (unpaired) electrons. The molecule has 7 heteroatoms. The van der Waals surface area contributed by atoms with E-state index < -0.39 is 0 Å². The van der Waals surface area contributed by atoms with E-state index in [1.165, 1.54) is 19.2 Å². The highest BCUT2D eigenvalue weighted by molar-refractivity contribution is 5.90. The van der Waals surface area contributed by atoms with Gasteiger partial charge in [0.1, 0.15) is 18.4 Å². The van der Waals surface area contributed by atoms with E-state index in [1.54, 1.807) is 11.0 Å². The van der Waals surface area contributed by atoms with E-state index in [9.17, 15) is 4.79 Å². The van der Waals surface area contributed by atoms with Gasteiger partial charge in [-0.3, -0.25) is 4.68 Å². The maximum absolute atomic E-state index is 12.3. The molecular weight excluding hydrogens is 318 g/mol. The van der Waals surface area contributed by atoms with E-state index >= 15 is 0 Å². The van der Waals surface area contributed by atoms with Crippen LogP contribution in [0.1, 0.15) is 38.2 Å². The normalized spacial score (nSPS) is 15.8. The molecule has 2 aromatic rings. The lowest BCUT2D eigenvalue weighted by molar-refractivity contribution is 0.209. The maximum Gasteiger partial charge on any atom is 0.319 e. The third-order valence-corrected chi connectivity index (χ3v) is 4.43. The van der Waals surface area contributed by atoms with Gasteiger partial charge in [-0.15, -0.1) is 0 Å². The number of amides is 2. The first-order valence-corrected chi connectivity index (χ1v) is 8.78. The number of nitrogens with zero attached hydrogens (tertiary/aromatic N) is 3. The van der Waals surface area contributed by atoms with Crippen LogP contribution in [0.3, 0.4) is 0 Å². The van der Waals surface area contributed by atoms with Crippen LogP contribution in [-0.2, 0) is 6.54 Å². The third-order valence-electron chi connectivity index (χ3n) is 4.43. The van der Waals surface area contributed by atoms with Crippen molar-refractivity contribution in [1.29, 1.82) is 0 Å². The van der Waals surface area contributed by atoms with Crippen molar-refractivity contribution < 1.29 is 9.53 Å². The molecule has 3 rings (SSSR count). The van der Waals surface area contributed by atoms with Crippen LogP contribution >= 0.6 is 0 Å². The summed E-state index contributed by atoms with van der Waals surface area (Å²) < 4.78 is 7.78. The average molecular weight is 343 g/mol. The minimum Gasteiger partial charge on any atom is -0.490 e. The van der Waals surface area contributed by atoms with Crippen LogP contribution in [0.2, 0.25) is 0 Å². The zero-order valence-corrected chi connectivity index (χ0v) is 14.7. The number of carbonyl (C=O) groups excluding carboxylic acids is 1. The summed E-state index contributed by atoms with van der Waals surface area (Å²) in [7, 11) is 0. The lowest BCUT2D eigenvalue weighted by atomic mass is 10.1. The molecule has 25 heavy (non-hydrogen) atoms. The fraction of sp³-hybridized carbons (Fsp3) is 0.500. The smallest absolute Gasteiger partial charge is 0.319 e. The van der Waals surface area contributed by atoms with Crippen molar-refractivity contribution in [2.24, 2.45) is 0 Å². The second-order valence-corrected chi connectivity index (χ2v) is 6.57. The van der Waals surface area contributed by atoms with Gasteiger partial charge in [-0.1, -0.05) is 6.07 Å². The van der Waals surface area contributed by atoms with Gasteiger partial charge in [0.15, 0.2) is 0 Å². The van der Waals surface area contributed by atoms with Gasteiger partial charge >= 0.3 is 6.03 Å². The lowest BCUT2D eigenvalue weighted by Crippen LogP contribution is -2.38. The average Bonchev–Trinajstić information content (AvgIpc) is 3.25. The summed E-state index contributed by atoms with van der Waals surface area (Å²) >= 11 is 0. The zero-order valence-electron chi connectivity index (χ0n) is 14.7. The van der Waals surface area contributed by atoms with E-state index in [4.69, 9.17) is 4.74 Å². The van der Waals surface area contributed by atoms with Gasteiger partial charge < -0.3 is 15.4 Å². The van der Waals surface area contributed by atoms with Crippen LogP contribution < -0.4 is 15.4 Å². The van der Waals surface area contributed by atoms with Gasteiger partial charge in [-0.25, -0.2) is 9.78 Å². The first kappa shape index (κ1) is 17.3. The van der Waals surface area contributed by atoms with Crippen LogP contribution in [0.4, 0.5) is 10.5 Å². The van der Waals surface area contributed by atoms with Crippen LogP contribution in [0, 0.1) is 6.92 Å². The van der Waals surface area contributed by atoms with Gasteiger partial charge in [0.25, 0.3) is 0 Å². The molecule has 1 aromatic carbocycles. The van der Waals surface area contributed by atoms with Crippen molar-refractivity contribution in [2.45, 2.75) is 58.2 Å². The van der Waals surface area contributed by atoms with Gasteiger partial charge in [0.05, 0.1) is 12.6 Å². The number of carbonyl (C=O) groups is 1. The number of anilines is 1. The fourth-order valence-electron chi connectivity index (χ4n) is 3.10. The highest BCUT2D eigenvalue weighted by Crippen LogP contribution is 2.30. The van der Waals surface area contributed by atoms with Crippen LogP contribution in [0.25, 0.3) is 0 Å². The Morgan fingerprint density at radius 2 is 2.20 bits per heavy atom. The first-order chi connectivity index (χ1) is 12.1. The summed E-state index contributed by atoms with van der Waals surface area (Å²) in [5, 5.41) is 9.86. The van der Waals surface area contributed by atoms with Crippen molar-refractivity contribution in [1.82, 2.24) is 20.1 Å². The number of hydrogen-bond donors (Lipinski definition) is 2. The number of rotatable bonds is 6. The minimum absolute atomic E-state index is 0.0695. The van der Waals surface area contributed by atoms with Gasteiger partial charge in [0.2, 0.25) is 0 Å². The van der Waals surface area contributed by atoms with Crippen molar-refractivity contribution in [3.05, 3.63) is 36.4 Å². The van der Waals surface area contributed by atoms with Crippen molar-refractivity contribution in [3.63, 3.8) is 0 Å². The van der Waals surface area contributed by atoms with E-state index in [1.807, 2.05) is 32.0 Å². The number of ether oxygens (including phenoxy) is 1. The summed E-state index contributed by atoms with van der Waals surface area (Å²) in [6.07, 6.45) is 8.08. The second kappa shape index (κ2) is 8.00. The molecule has 0 saturated heterocycles. The molecule has 0 spiro atoms. The van der Waals surface area contributed by atoms with Gasteiger partial charge in [0, 0.05) is 17.3 Å². The molecule has 0 aliphatic heterocycles. The number of hydrogen-bond acceptors (Lipinski definition) is 4. The van der Waals surface area contributed by atoms with E-state index in [0.29, 0.717) is 12.6 Å². The van der Waals surface area contributed by atoms with Gasteiger partial charge in [-0.05, 0) is 51.7 Å². The Kier molecular flexibility index (Phi) is 5.53. The Balaban J connectivity index is 1.56. The molecule has 1 atom stereocenters. The predicted molar refractivity (Wildman–Crippen MR) is 95.7 cm³/mol. The molecule has 134 valence electrons.